The van der Waals surface area contributed by atoms with Gasteiger partial charge in [-0.3, -0.25) is 4.79 Å². The summed E-state index contributed by atoms with van der Waals surface area (Å²) in [6.45, 7) is 3.45. The third-order valence-corrected chi connectivity index (χ3v) is 3.51. The summed E-state index contributed by atoms with van der Waals surface area (Å²) in [5, 5.41) is 17.1. The first-order valence-electron chi connectivity index (χ1n) is 6.49. The summed E-state index contributed by atoms with van der Waals surface area (Å²) in [6.07, 6.45) is 1.71. The molecule has 0 unspecified atom stereocenters. The van der Waals surface area contributed by atoms with Crippen LogP contribution in [-0.2, 0) is 4.79 Å². The minimum Gasteiger partial charge on any atom is -0.504 e. The van der Waals surface area contributed by atoms with Crippen LogP contribution in [0.4, 0.5) is 4.79 Å². The maximum atomic E-state index is 12.1. The first kappa shape index (κ1) is 14.8. The van der Waals surface area contributed by atoms with Crippen LogP contribution in [0, 0.1) is 0 Å². The molecule has 7 nitrogen and oxygen atoms in total. The highest BCUT2D eigenvalue weighted by Crippen LogP contribution is 2.28. The highest BCUT2D eigenvalue weighted by atomic mass is 16.5. The zero-order valence-electron chi connectivity index (χ0n) is 12.1. The van der Waals surface area contributed by atoms with Gasteiger partial charge in [0.25, 0.3) is 5.91 Å². The van der Waals surface area contributed by atoms with Gasteiger partial charge in [-0.1, -0.05) is 13.0 Å². The predicted molar refractivity (Wildman–Crippen MR) is 76.3 cm³/mol. The summed E-state index contributed by atoms with van der Waals surface area (Å²) < 4.78 is 4.98. The fourth-order valence-corrected chi connectivity index (χ4v) is 1.94. The maximum Gasteiger partial charge on any atom is 0.346 e. The molecule has 7 heteroatoms. The number of nitrogens with one attached hydrogen (secondary N) is 1. The number of rotatable bonds is 4. The van der Waals surface area contributed by atoms with Crippen LogP contribution in [-0.4, -0.2) is 40.9 Å². The molecular weight excluding hydrogens is 274 g/mol. The van der Waals surface area contributed by atoms with Gasteiger partial charge in [-0.15, -0.1) is 5.01 Å². The van der Waals surface area contributed by atoms with E-state index in [4.69, 9.17) is 4.74 Å². The Morgan fingerprint density at radius 3 is 2.76 bits per heavy atom. The number of aromatic hydroxyl groups is 1. The number of imide groups is 1. The van der Waals surface area contributed by atoms with Gasteiger partial charge in [-0.2, -0.15) is 5.10 Å². The number of phenolic OH excluding ortho intramolecular Hbond substituents is 1. The first-order valence-corrected chi connectivity index (χ1v) is 6.49. The Kier molecular flexibility index (Phi) is 3.84. The second-order valence-corrected chi connectivity index (χ2v) is 4.88. The van der Waals surface area contributed by atoms with E-state index in [9.17, 15) is 14.7 Å². The van der Waals surface area contributed by atoms with Crippen LogP contribution in [0.1, 0.15) is 25.8 Å². The smallest absolute Gasteiger partial charge is 0.346 e. The fraction of sp³-hybridized carbons (Fsp3) is 0.357. The highest BCUT2D eigenvalue weighted by Gasteiger charge is 2.46. The van der Waals surface area contributed by atoms with E-state index < -0.39 is 17.5 Å². The van der Waals surface area contributed by atoms with E-state index in [1.807, 2.05) is 0 Å². The Morgan fingerprint density at radius 2 is 2.19 bits per heavy atom. The lowest BCUT2D eigenvalue weighted by Gasteiger charge is -2.17. The lowest BCUT2D eigenvalue weighted by atomic mass is 10.00. The zero-order chi connectivity index (χ0) is 15.6. The van der Waals surface area contributed by atoms with Gasteiger partial charge in [-0.05, 0) is 25.5 Å². The average Bonchev–Trinajstić information content (AvgIpc) is 2.69. The van der Waals surface area contributed by atoms with Crippen molar-refractivity contribution in [2.45, 2.75) is 25.8 Å². The molecule has 0 radical (unpaired) electrons. The molecule has 21 heavy (non-hydrogen) atoms. The molecule has 2 N–H and O–H groups in total. The van der Waals surface area contributed by atoms with Gasteiger partial charge in [0.05, 0.1) is 13.3 Å². The molecule has 1 aliphatic rings. The van der Waals surface area contributed by atoms with Crippen molar-refractivity contribution < 1.29 is 19.4 Å². The number of phenols is 1. The third kappa shape index (κ3) is 2.54. The summed E-state index contributed by atoms with van der Waals surface area (Å²) in [5.74, 6) is -0.239. The number of hydrogen-bond donors (Lipinski definition) is 2. The Hall–Kier alpha value is -2.57. The van der Waals surface area contributed by atoms with Crippen molar-refractivity contribution in [2.75, 3.05) is 7.11 Å². The van der Waals surface area contributed by atoms with Gasteiger partial charge in [-0.25, -0.2) is 4.79 Å². The number of para-hydroxylation sites is 1. The minimum absolute atomic E-state index is 0.103. The zero-order valence-corrected chi connectivity index (χ0v) is 12.1. The first-order chi connectivity index (χ1) is 9.92. The molecule has 0 saturated carbocycles. The Bertz CT molecular complexity index is 614. The number of carbonyl (C=O) groups is 2. The summed E-state index contributed by atoms with van der Waals surface area (Å²) in [6, 6.07) is 4.28. The number of hydrogen-bond acceptors (Lipinski definition) is 5. The largest absolute Gasteiger partial charge is 0.504 e. The van der Waals surface area contributed by atoms with Gasteiger partial charge in [0.1, 0.15) is 5.54 Å². The van der Waals surface area contributed by atoms with E-state index in [0.717, 1.165) is 5.01 Å². The van der Waals surface area contributed by atoms with Crippen molar-refractivity contribution in [2.24, 2.45) is 5.10 Å². The predicted octanol–water partition coefficient (Wildman–Crippen LogP) is 1.46. The van der Waals surface area contributed by atoms with Gasteiger partial charge < -0.3 is 15.2 Å². The van der Waals surface area contributed by atoms with Crippen LogP contribution in [0.15, 0.2) is 23.3 Å². The average molecular weight is 291 g/mol. The number of nitrogens with zero attached hydrogens (tertiary/aromatic N) is 2. The van der Waals surface area contributed by atoms with Crippen molar-refractivity contribution in [3.63, 3.8) is 0 Å². The molecule has 2 rings (SSSR count). The molecule has 1 aromatic carbocycles. The van der Waals surface area contributed by atoms with Crippen molar-refractivity contribution >= 4 is 18.2 Å². The van der Waals surface area contributed by atoms with E-state index in [-0.39, 0.29) is 11.5 Å². The van der Waals surface area contributed by atoms with Gasteiger partial charge in [0.2, 0.25) is 0 Å². The number of benzene rings is 1. The molecule has 112 valence electrons. The summed E-state index contributed by atoms with van der Waals surface area (Å²) in [4.78, 5) is 23.9. The minimum atomic E-state index is -0.940. The Balaban J connectivity index is 2.26. The van der Waals surface area contributed by atoms with Gasteiger partial charge in [0.15, 0.2) is 11.5 Å². The molecule has 3 amide bonds. The van der Waals surface area contributed by atoms with Crippen molar-refractivity contribution in [3.05, 3.63) is 23.8 Å². The number of methoxy groups -OCH3 is 1. The molecule has 0 bridgehead atoms. The molecule has 1 saturated heterocycles. The number of amides is 3. The number of ether oxygens (including phenoxy) is 1. The second-order valence-electron chi connectivity index (χ2n) is 4.88. The third-order valence-electron chi connectivity index (χ3n) is 3.51. The van der Waals surface area contributed by atoms with Crippen molar-refractivity contribution in [1.82, 2.24) is 10.3 Å². The normalized spacial score (nSPS) is 22.0. The molecule has 0 aliphatic carbocycles. The van der Waals surface area contributed by atoms with Crippen LogP contribution >= 0.6 is 0 Å². The van der Waals surface area contributed by atoms with Crippen LogP contribution in [0.3, 0.4) is 0 Å². The van der Waals surface area contributed by atoms with Crippen molar-refractivity contribution in [1.29, 1.82) is 0 Å². The fourth-order valence-electron chi connectivity index (χ4n) is 1.94. The summed E-state index contributed by atoms with van der Waals surface area (Å²) in [7, 11) is 1.43. The Morgan fingerprint density at radius 1 is 1.48 bits per heavy atom. The molecule has 0 spiro atoms. The summed E-state index contributed by atoms with van der Waals surface area (Å²) >= 11 is 0. The molecule has 1 heterocycles. The van der Waals surface area contributed by atoms with Gasteiger partial charge >= 0.3 is 6.03 Å². The van der Waals surface area contributed by atoms with E-state index in [0.29, 0.717) is 12.0 Å². The standard InChI is InChI=1S/C14H17N3O4/c1-4-14(2)12(19)17(13(20)16-14)15-8-9-6-5-7-10(21-3)11(9)18/h5-8,18H,4H2,1-3H3,(H,16,20)/b15-8+/t14-/m1/s1. The van der Waals surface area contributed by atoms with E-state index in [2.05, 4.69) is 10.4 Å². The molecule has 0 aromatic heterocycles. The second kappa shape index (κ2) is 5.43. The maximum absolute atomic E-state index is 12.1. The SMILES string of the molecule is CC[C@@]1(C)NC(=O)N(/N=C/c2cccc(OC)c2O)C1=O. The van der Waals surface area contributed by atoms with E-state index in [1.54, 1.807) is 32.0 Å². The van der Waals surface area contributed by atoms with E-state index in [1.165, 1.54) is 13.3 Å². The molecule has 1 fully saturated rings. The molecule has 1 atom stereocenters. The lowest BCUT2D eigenvalue weighted by Crippen LogP contribution is -2.42. The number of carbonyl (C=O) groups excluding carboxylic acids is 2. The van der Waals surface area contributed by atoms with Crippen LogP contribution < -0.4 is 10.1 Å². The summed E-state index contributed by atoms with van der Waals surface area (Å²) in [5.41, 5.74) is -0.592. The van der Waals surface area contributed by atoms with Crippen LogP contribution in [0.2, 0.25) is 0 Å². The molecule has 1 aromatic rings. The molecular formula is C14H17N3O4. The lowest BCUT2D eigenvalue weighted by molar-refractivity contribution is -0.130. The monoisotopic (exact) mass is 291 g/mol. The highest BCUT2D eigenvalue weighted by molar-refractivity contribution is 6.07. The van der Waals surface area contributed by atoms with Gasteiger partial charge in [0, 0.05) is 5.56 Å². The quantitative estimate of drug-likeness (QED) is 0.649. The van der Waals surface area contributed by atoms with Crippen LogP contribution in [0.5, 0.6) is 11.5 Å². The Labute approximate surface area is 122 Å². The van der Waals surface area contributed by atoms with Crippen molar-refractivity contribution in [3.8, 4) is 11.5 Å². The molecule has 1 aliphatic heterocycles. The number of hydrazone groups is 1. The number of urea groups is 1. The van der Waals surface area contributed by atoms with Crippen LogP contribution in [0.25, 0.3) is 0 Å². The van der Waals surface area contributed by atoms with E-state index >= 15 is 0 Å². The topological polar surface area (TPSA) is 91.2 Å².